The second-order valence-corrected chi connectivity index (χ2v) is 7.26. The predicted octanol–water partition coefficient (Wildman–Crippen LogP) is 2.37. The number of nitrogens with zero attached hydrogens (tertiary/aromatic N) is 2. The van der Waals surface area contributed by atoms with E-state index in [4.69, 9.17) is 11.7 Å². The van der Waals surface area contributed by atoms with Crippen LogP contribution >= 0.6 is 0 Å². The first-order chi connectivity index (χ1) is 14.1. The number of Topliss-reactive ketones (excluding diaryl/α,β-unsaturated/α-hetero) is 1. The Kier molecular flexibility index (Phi) is 5.20. The SMILES string of the molecule is C#CC1(NC(=O)C(=O)c2c(C)c(C(=O)Nc3ccc(F)c(C#N)c3)n(C)c2C)CC1. The number of halogens is 1. The van der Waals surface area contributed by atoms with E-state index in [0.717, 1.165) is 6.07 Å². The van der Waals surface area contributed by atoms with Gasteiger partial charge in [0.15, 0.2) is 0 Å². The summed E-state index contributed by atoms with van der Waals surface area (Å²) in [6, 6.07) is 5.33. The van der Waals surface area contributed by atoms with Crippen LogP contribution in [0.25, 0.3) is 0 Å². The van der Waals surface area contributed by atoms with E-state index in [9.17, 15) is 18.8 Å². The fraction of sp³-hybridized carbons (Fsp3) is 0.273. The van der Waals surface area contributed by atoms with Crippen LogP contribution in [-0.2, 0) is 11.8 Å². The van der Waals surface area contributed by atoms with E-state index in [-0.39, 0.29) is 22.5 Å². The van der Waals surface area contributed by atoms with Gasteiger partial charge in [-0.25, -0.2) is 4.39 Å². The molecule has 0 bridgehead atoms. The summed E-state index contributed by atoms with van der Waals surface area (Å²) < 4.78 is 15.0. The topological polar surface area (TPSA) is 104 Å². The Morgan fingerprint density at radius 1 is 1.27 bits per heavy atom. The molecule has 0 radical (unpaired) electrons. The number of anilines is 1. The van der Waals surface area contributed by atoms with Gasteiger partial charge in [-0.1, -0.05) is 5.92 Å². The van der Waals surface area contributed by atoms with Crippen molar-refractivity contribution in [1.82, 2.24) is 9.88 Å². The van der Waals surface area contributed by atoms with E-state index in [0.29, 0.717) is 24.1 Å². The highest BCUT2D eigenvalue weighted by molar-refractivity contribution is 6.44. The molecule has 0 atom stereocenters. The maximum Gasteiger partial charge on any atom is 0.293 e. The molecule has 1 aliphatic rings. The molecule has 0 unspecified atom stereocenters. The van der Waals surface area contributed by atoms with Gasteiger partial charge in [0, 0.05) is 18.4 Å². The van der Waals surface area contributed by atoms with Crippen LogP contribution in [0.1, 0.15) is 50.5 Å². The normalized spacial score (nSPS) is 13.7. The number of benzene rings is 1. The maximum absolute atomic E-state index is 13.5. The molecule has 2 amide bonds. The Labute approximate surface area is 172 Å². The molecule has 1 aliphatic carbocycles. The summed E-state index contributed by atoms with van der Waals surface area (Å²) in [4.78, 5) is 38.0. The predicted molar refractivity (Wildman–Crippen MR) is 107 cm³/mol. The van der Waals surface area contributed by atoms with Gasteiger partial charge in [-0.05, 0) is 50.5 Å². The summed E-state index contributed by atoms with van der Waals surface area (Å²) in [5.74, 6) is -0.345. The number of nitriles is 1. The molecular weight excluding hydrogens is 387 g/mol. The minimum absolute atomic E-state index is 0.129. The summed E-state index contributed by atoms with van der Waals surface area (Å²) in [7, 11) is 1.60. The average Bonchev–Trinajstić information content (AvgIpc) is 3.44. The van der Waals surface area contributed by atoms with Crippen molar-refractivity contribution in [2.24, 2.45) is 7.05 Å². The van der Waals surface area contributed by atoms with Crippen molar-refractivity contribution < 1.29 is 18.8 Å². The number of nitrogens with one attached hydrogen (secondary N) is 2. The highest BCUT2D eigenvalue weighted by Gasteiger charge is 2.44. The molecule has 7 nitrogen and oxygen atoms in total. The molecule has 8 heteroatoms. The van der Waals surface area contributed by atoms with E-state index in [1.807, 2.05) is 0 Å². The molecule has 0 spiro atoms. The molecule has 0 aliphatic heterocycles. The molecule has 1 heterocycles. The Hall–Kier alpha value is -3.91. The zero-order chi connectivity index (χ0) is 22.2. The smallest absolute Gasteiger partial charge is 0.293 e. The molecule has 152 valence electrons. The minimum Gasteiger partial charge on any atom is -0.343 e. The highest BCUT2D eigenvalue weighted by Crippen LogP contribution is 2.34. The van der Waals surface area contributed by atoms with Gasteiger partial charge < -0.3 is 15.2 Å². The van der Waals surface area contributed by atoms with Gasteiger partial charge in [0.1, 0.15) is 23.1 Å². The number of hydrogen-bond donors (Lipinski definition) is 2. The third-order valence-electron chi connectivity index (χ3n) is 5.30. The zero-order valence-corrected chi connectivity index (χ0v) is 16.7. The number of terminal acetylenes is 1. The van der Waals surface area contributed by atoms with Crippen molar-refractivity contribution in [2.75, 3.05) is 5.32 Å². The lowest BCUT2D eigenvalue weighted by Gasteiger charge is -2.10. The fourth-order valence-corrected chi connectivity index (χ4v) is 3.33. The van der Waals surface area contributed by atoms with Crippen molar-refractivity contribution >= 4 is 23.3 Å². The van der Waals surface area contributed by atoms with Crippen LogP contribution in [0, 0.1) is 43.3 Å². The largest absolute Gasteiger partial charge is 0.343 e. The fourth-order valence-electron chi connectivity index (χ4n) is 3.33. The summed E-state index contributed by atoms with van der Waals surface area (Å²) in [5, 5.41) is 14.1. The Bertz CT molecular complexity index is 1180. The van der Waals surface area contributed by atoms with Crippen molar-refractivity contribution in [2.45, 2.75) is 32.2 Å². The van der Waals surface area contributed by atoms with Crippen LogP contribution in [-0.4, -0.2) is 27.7 Å². The minimum atomic E-state index is -0.814. The summed E-state index contributed by atoms with van der Waals surface area (Å²) >= 11 is 0. The molecule has 1 fully saturated rings. The number of amides is 2. The van der Waals surface area contributed by atoms with Crippen LogP contribution in [0.3, 0.4) is 0 Å². The number of carbonyl (C=O) groups excluding carboxylic acids is 3. The van der Waals surface area contributed by atoms with Crippen molar-refractivity contribution in [3.05, 3.63) is 52.1 Å². The second-order valence-electron chi connectivity index (χ2n) is 7.26. The number of carbonyl (C=O) groups is 3. The Morgan fingerprint density at radius 3 is 2.50 bits per heavy atom. The lowest BCUT2D eigenvalue weighted by atomic mass is 10.0. The molecule has 1 aromatic carbocycles. The molecule has 1 saturated carbocycles. The van der Waals surface area contributed by atoms with E-state index in [1.165, 1.54) is 16.7 Å². The van der Waals surface area contributed by atoms with E-state index < -0.39 is 29.0 Å². The van der Waals surface area contributed by atoms with Crippen LogP contribution in [0.15, 0.2) is 18.2 Å². The quantitative estimate of drug-likeness (QED) is 0.452. The Balaban J connectivity index is 1.89. The van der Waals surface area contributed by atoms with Gasteiger partial charge >= 0.3 is 0 Å². The van der Waals surface area contributed by atoms with Crippen LogP contribution in [0.5, 0.6) is 0 Å². The molecule has 30 heavy (non-hydrogen) atoms. The number of rotatable bonds is 5. The van der Waals surface area contributed by atoms with E-state index >= 15 is 0 Å². The highest BCUT2D eigenvalue weighted by atomic mass is 19.1. The number of ketones is 1. The van der Waals surface area contributed by atoms with Crippen LogP contribution in [0.2, 0.25) is 0 Å². The molecule has 2 N–H and O–H groups in total. The zero-order valence-electron chi connectivity index (χ0n) is 16.7. The van der Waals surface area contributed by atoms with Crippen LogP contribution in [0.4, 0.5) is 10.1 Å². The molecular formula is C22H19FN4O3. The first-order valence-corrected chi connectivity index (χ1v) is 9.15. The van der Waals surface area contributed by atoms with Crippen molar-refractivity contribution in [3.8, 4) is 18.4 Å². The summed E-state index contributed by atoms with van der Waals surface area (Å²) in [6.45, 7) is 3.20. The first-order valence-electron chi connectivity index (χ1n) is 9.15. The van der Waals surface area contributed by atoms with Gasteiger partial charge in [0.2, 0.25) is 0 Å². The lowest BCUT2D eigenvalue weighted by molar-refractivity contribution is -0.117. The van der Waals surface area contributed by atoms with Gasteiger partial charge in [0.25, 0.3) is 17.6 Å². The lowest BCUT2D eigenvalue weighted by Crippen LogP contribution is -2.40. The first kappa shape index (κ1) is 20.8. The maximum atomic E-state index is 13.5. The van der Waals surface area contributed by atoms with E-state index in [1.54, 1.807) is 27.0 Å². The van der Waals surface area contributed by atoms with Crippen molar-refractivity contribution in [1.29, 1.82) is 5.26 Å². The summed E-state index contributed by atoms with van der Waals surface area (Å²) in [5.41, 5.74) is 0.342. The molecule has 0 saturated heterocycles. The second kappa shape index (κ2) is 7.49. The molecule has 2 aromatic rings. The van der Waals surface area contributed by atoms with Crippen molar-refractivity contribution in [3.63, 3.8) is 0 Å². The third-order valence-corrected chi connectivity index (χ3v) is 5.30. The average molecular weight is 406 g/mol. The van der Waals surface area contributed by atoms with Gasteiger partial charge in [-0.15, -0.1) is 6.42 Å². The molecule has 1 aromatic heterocycles. The standard InChI is InChI=1S/C22H19FN4O3/c1-5-22(8-9-22)26-21(30)19(28)17-12(2)18(27(4)13(17)3)20(29)25-15-6-7-16(23)14(10-15)11-24/h1,6-7,10H,8-9H2,2-4H3,(H,25,29)(H,26,30). The van der Waals surface area contributed by atoms with Gasteiger partial charge in [-0.3, -0.25) is 14.4 Å². The number of aromatic nitrogens is 1. The summed E-state index contributed by atoms with van der Waals surface area (Å²) in [6.07, 6.45) is 6.64. The number of hydrogen-bond acceptors (Lipinski definition) is 4. The van der Waals surface area contributed by atoms with Gasteiger partial charge in [-0.2, -0.15) is 5.26 Å². The molecule has 3 rings (SSSR count). The van der Waals surface area contributed by atoms with E-state index in [2.05, 4.69) is 16.6 Å². The third kappa shape index (κ3) is 3.56. The monoisotopic (exact) mass is 406 g/mol. The van der Waals surface area contributed by atoms with Gasteiger partial charge in [0.05, 0.1) is 11.1 Å². The van der Waals surface area contributed by atoms with Crippen LogP contribution < -0.4 is 10.6 Å². The Morgan fingerprint density at radius 2 is 1.93 bits per heavy atom.